The zero-order valence-electron chi connectivity index (χ0n) is 19.5. The number of anilines is 1. The highest BCUT2D eigenvalue weighted by atomic mass is 16.5. The zero-order chi connectivity index (χ0) is 22.9. The minimum Gasteiger partial charge on any atom is -0.490 e. The third-order valence-corrected chi connectivity index (χ3v) is 6.39. The molecule has 2 aliphatic rings. The molecule has 0 unspecified atom stereocenters. The Kier molecular flexibility index (Phi) is 5.85. The van der Waals surface area contributed by atoms with Gasteiger partial charge in [0.1, 0.15) is 23.5 Å². The van der Waals surface area contributed by atoms with Crippen LogP contribution in [-0.4, -0.2) is 33.9 Å². The first kappa shape index (κ1) is 21.6. The van der Waals surface area contributed by atoms with E-state index in [1.54, 1.807) is 0 Å². The van der Waals surface area contributed by atoms with E-state index in [4.69, 9.17) is 14.7 Å². The molecule has 1 amide bonds. The molecular formula is C27H30N4O2. The van der Waals surface area contributed by atoms with Gasteiger partial charge in [0.25, 0.3) is 0 Å². The van der Waals surface area contributed by atoms with Crippen molar-refractivity contribution in [2.75, 3.05) is 11.9 Å². The smallest absolute Gasteiger partial charge is 0.228 e. The zero-order valence-corrected chi connectivity index (χ0v) is 19.5. The van der Waals surface area contributed by atoms with Gasteiger partial charge in [-0.3, -0.25) is 14.6 Å². The number of hydrogen-bond acceptors (Lipinski definition) is 5. The molecule has 170 valence electrons. The van der Waals surface area contributed by atoms with E-state index < -0.39 is 0 Å². The van der Waals surface area contributed by atoms with Gasteiger partial charge in [-0.1, -0.05) is 42.5 Å². The molecule has 33 heavy (non-hydrogen) atoms. The van der Waals surface area contributed by atoms with Gasteiger partial charge in [-0.05, 0) is 50.1 Å². The summed E-state index contributed by atoms with van der Waals surface area (Å²) in [6, 6.07) is 16.5. The minimum atomic E-state index is 0.123. The van der Waals surface area contributed by atoms with E-state index in [-0.39, 0.29) is 12.0 Å². The Bertz CT molecular complexity index is 1180. The molecule has 0 N–H and O–H groups in total. The van der Waals surface area contributed by atoms with E-state index in [2.05, 4.69) is 37.1 Å². The summed E-state index contributed by atoms with van der Waals surface area (Å²) in [6.45, 7) is 6.09. The molecule has 3 aromatic rings. The van der Waals surface area contributed by atoms with Crippen LogP contribution in [0.15, 0.2) is 48.5 Å². The summed E-state index contributed by atoms with van der Waals surface area (Å²) in [5.41, 5.74) is 5.69. The lowest BCUT2D eigenvalue weighted by atomic mass is 10.0. The van der Waals surface area contributed by atoms with Crippen LogP contribution in [0.1, 0.15) is 47.1 Å². The normalized spacial score (nSPS) is 17.2. The lowest BCUT2D eigenvalue weighted by Crippen LogP contribution is -2.36. The molecule has 6 heteroatoms. The summed E-state index contributed by atoms with van der Waals surface area (Å²) < 4.78 is 5.82. The second kappa shape index (κ2) is 8.94. The van der Waals surface area contributed by atoms with E-state index in [1.165, 1.54) is 11.1 Å². The maximum atomic E-state index is 12.8. The van der Waals surface area contributed by atoms with Crippen molar-refractivity contribution in [3.05, 3.63) is 82.3 Å². The molecule has 0 saturated carbocycles. The second-order valence-electron chi connectivity index (χ2n) is 9.24. The number of fused-ring (bicyclic) bond motifs is 2. The van der Waals surface area contributed by atoms with E-state index in [0.29, 0.717) is 25.9 Å². The number of benzene rings is 2. The number of carbonyl (C=O) groups excluding carboxylic acids is 1. The van der Waals surface area contributed by atoms with Crippen LogP contribution in [-0.2, 0) is 37.3 Å². The fourth-order valence-corrected chi connectivity index (χ4v) is 4.82. The molecule has 1 aromatic heterocycles. The number of ether oxygens (including phenoxy) is 1. The van der Waals surface area contributed by atoms with Gasteiger partial charge in [0, 0.05) is 30.6 Å². The molecule has 0 aliphatic carbocycles. The third-order valence-electron chi connectivity index (χ3n) is 6.39. The number of amides is 1. The third kappa shape index (κ3) is 4.62. The van der Waals surface area contributed by atoms with Crippen LogP contribution in [0.2, 0.25) is 0 Å². The predicted octanol–water partition coefficient (Wildman–Crippen LogP) is 4.22. The van der Waals surface area contributed by atoms with Crippen LogP contribution in [0.25, 0.3) is 0 Å². The maximum Gasteiger partial charge on any atom is 0.228 e. The quantitative estimate of drug-likeness (QED) is 0.572. The van der Waals surface area contributed by atoms with Crippen LogP contribution in [0.5, 0.6) is 5.75 Å². The average Bonchev–Trinajstić information content (AvgIpc) is 3.15. The number of carbonyl (C=O) groups is 1. The maximum absolute atomic E-state index is 12.8. The average molecular weight is 443 g/mol. The molecular weight excluding hydrogens is 412 g/mol. The van der Waals surface area contributed by atoms with Crippen LogP contribution >= 0.6 is 0 Å². The molecule has 0 fully saturated rings. The fraction of sp³-hybridized carbons (Fsp3) is 0.370. The van der Waals surface area contributed by atoms with Crippen molar-refractivity contribution in [2.45, 2.75) is 58.8 Å². The predicted molar refractivity (Wildman–Crippen MR) is 128 cm³/mol. The first-order chi connectivity index (χ1) is 16.0. The first-order valence-electron chi connectivity index (χ1n) is 11.6. The van der Waals surface area contributed by atoms with Crippen LogP contribution < -0.4 is 9.64 Å². The molecule has 0 radical (unpaired) electrons. The number of aryl methyl sites for hydroxylation is 1. The molecule has 1 atom stereocenters. The molecule has 0 bridgehead atoms. The summed E-state index contributed by atoms with van der Waals surface area (Å²) in [6.07, 6.45) is 2.42. The largest absolute Gasteiger partial charge is 0.490 e. The molecule has 5 rings (SSSR count). The van der Waals surface area contributed by atoms with Crippen molar-refractivity contribution < 1.29 is 9.53 Å². The number of nitrogens with zero attached hydrogens (tertiary/aromatic N) is 4. The molecule has 2 aromatic carbocycles. The molecule has 0 spiro atoms. The van der Waals surface area contributed by atoms with Crippen molar-refractivity contribution in [2.24, 2.45) is 0 Å². The fourth-order valence-electron chi connectivity index (χ4n) is 4.82. The first-order valence-corrected chi connectivity index (χ1v) is 11.6. The highest BCUT2D eigenvalue weighted by molar-refractivity contribution is 5.95. The lowest BCUT2D eigenvalue weighted by Gasteiger charge is -2.30. The number of rotatable bonds is 6. The number of hydrogen-bond donors (Lipinski definition) is 0. The Morgan fingerprint density at radius 1 is 1.06 bits per heavy atom. The summed E-state index contributed by atoms with van der Waals surface area (Å²) >= 11 is 0. The van der Waals surface area contributed by atoms with Gasteiger partial charge >= 0.3 is 0 Å². The van der Waals surface area contributed by atoms with E-state index in [0.717, 1.165) is 47.2 Å². The summed E-state index contributed by atoms with van der Waals surface area (Å²) in [5.74, 6) is 2.65. The van der Waals surface area contributed by atoms with Gasteiger partial charge in [0.05, 0.1) is 13.1 Å². The van der Waals surface area contributed by atoms with Crippen molar-refractivity contribution in [3.8, 4) is 5.75 Å². The van der Waals surface area contributed by atoms with Crippen molar-refractivity contribution in [3.63, 3.8) is 0 Å². The second-order valence-corrected chi connectivity index (χ2v) is 9.24. The topological polar surface area (TPSA) is 58.6 Å². The van der Waals surface area contributed by atoms with Crippen molar-refractivity contribution in [1.82, 2.24) is 14.9 Å². The van der Waals surface area contributed by atoms with Gasteiger partial charge in [0.2, 0.25) is 5.91 Å². The van der Waals surface area contributed by atoms with Gasteiger partial charge in [0.15, 0.2) is 0 Å². The Labute approximate surface area is 195 Å². The highest BCUT2D eigenvalue weighted by Crippen LogP contribution is 2.31. The standard InChI is InChI=1S/C27H30N4O2/c1-18-13-22-14-21(9-11-24(22)33-18)15-30(3)17-25-28-19(2)23-10-12-26(32)31(27(23)29-25)16-20-7-5-4-6-8-20/h4-9,11,14,18H,10,12-13,15-17H2,1-3H3/t18-/m1/s1. The van der Waals surface area contributed by atoms with E-state index in [1.807, 2.05) is 42.2 Å². The Morgan fingerprint density at radius 2 is 1.88 bits per heavy atom. The minimum absolute atomic E-state index is 0.123. The van der Waals surface area contributed by atoms with E-state index >= 15 is 0 Å². The van der Waals surface area contributed by atoms with Crippen LogP contribution in [0.4, 0.5) is 5.82 Å². The molecule has 6 nitrogen and oxygen atoms in total. The van der Waals surface area contributed by atoms with Crippen LogP contribution in [0, 0.1) is 6.92 Å². The van der Waals surface area contributed by atoms with E-state index in [9.17, 15) is 4.79 Å². The lowest BCUT2D eigenvalue weighted by molar-refractivity contribution is -0.119. The Balaban J connectivity index is 1.35. The molecule has 0 saturated heterocycles. The molecule has 3 heterocycles. The van der Waals surface area contributed by atoms with Crippen molar-refractivity contribution in [1.29, 1.82) is 0 Å². The van der Waals surface area contributed by atoms with Crippen molar-refractivity contribution >= 4 is 11.7 Å². The summed E-state index contributed by atoms with van der Waals surface area (Å²) in [7, 11) is 2.08. The van der Waals surface area contributed by atoms with Gasteiger partial charge in [-0.25, -0.2) is 9.97 Å². The van der Waals surface area contributed by atoms with Gasteiger partial charge in [-0.15, -0.1) is 0 Å². The summed E-state index contributed by atoms with van der Waals surface area (Å²) in [5, 5.41) is 0. The Morgan fingerprint density at radius 3 is 2.70 bits per heavy atom. The van der Waals surface area contributed by atoms with Gasteiger partial charge < -0.3 is 4.74 Å². The molecule has 2 aliphatic heterocycles. The monoisotopic (exact) mass is 442 g/mol. The van der Waals surface area contributed by atoms with Gasteiger partial charge in [-0.2, -0.15) is 0 Å². The van der Waals surface area contributed by atoms with Crippen LogP contribution in [0.3, 0.4) is 0 Å². The highest BCUT2D eigenvalue weighted by Gasteiger charge is 2.28. The number of aromatic nitrogens is 2. The SMILES string of the molecule is Cc1nc(CN(C)Cc2ccc3c(c2)C[C@@H](C)O3)nc2c1CCC(=O)N2Cc1ccccc1. The summed E-state index contributed by atoms with van der Waals surface area (Å²) in [4.78, 5) is 26.5. The Hall–Kier alpha value is -3.25.